The quantitative estimate of drug-likeness (QED) is 0.337. The van der Waals surface area contributed by atoms with Crippen LogP contribution in [0.3, 0.4) is 0 Å². The molecule has 0 radical (unpaired) electrons. The van der Waals surface area contributed by atoms with E-state index in [-0.39, 0.29) is 18.7 Å². The molecule has 180 valence electrons. The van der Waals surface area contributed by atoms with E-state index in [9.17, 15) is 23.1 Å². The normalized spacial score (nSPS) is 17.7. The number of hydrogen-bond acceptors (Lipinski definition) is 4. The maximum Gasteiger partial charge on any atom is 0.416 e. The Kier molecular flexibility index (Phi) is 7.93. The number of carbonyl (C=O) groups is 1. The highest BCUT2D eigenvalue weighted by molar-refractivity contribution is 14.1. The van der Waals surface area contributed by atoms with Gasteiger partial charge in [0.25, 0.3) is 0 Å². The van der Waals surface area contributed by atoms with E-state index in [4.69, 9.17) is 4.74 Å². The highest BCUT2D eigenvalue weighted by Gasteiger charge is 2.38. The first-order chi connectivity index (χ1) is 15.4. The number of alkyl halides is 3. The molecule has 2 aromatic rings. The van der Waals surface area contributed by atoms with E-state index < -0.39 is 29.2 Å². The highest BCUT2D eigenvalue weighted by atomic mass is 127. The first-order valence-electron chi connectivity index (χ1n) is 10.8. The van der Waals surface area contributed by atoms with Crippen LogP contribution in [0.2, 0.25) is 0 Å². The molecule has 0 aliphatic carbocycles. The molecular formula is C24H28F3IN2O3. The van der Waals surface area contributed by atoms with Crippen LogP contribution in [0.5, 0.6) is 5.75 Å². The van der Waals surface area contributed by atoms with Crippen molar-refractivity contribution in [3.8, 4) is 5.75 Å². The summed E-state index contributed by atoms with van der Waals surface area (Å²) in [6.07, 6.45) is -0.811. The van der Waals surface area contributed by atoms with E-state index in [2.05, 4.69) is 27.6 Å². The van der Waals surface area contributed by atoms with Crippen molar-refractivity contribution in [1.82, 2.24) is 9.88 Å². The predicted molar refractivity (Wildman–Crippen MR) is 127 cm³/mol. The second-order valence-corrected chi connectivity index (χ2v) is 10.5. The fourth-order valence-electron chi connectivity index (χ4n) is 4.11. The molecule has 1 aliphatic heterocycles. The molecule has 9 heteroatoms. The number of carboxylic acid groups (broad SMARTS) is 1. The summed E-state index contributed by atoms with van der Waals surface area (Å²) in [7, 11) is 0. The standard InChI is InChI=1S/C24H28F3IN2O3/c1-23(2,3)17-12-20(33-14-15-7-8-29-21(28)10-15)16(11-18(17)24(25,26)27)13-30-9-5-4-6-19(30)22(31)32/h7-8,10-12,19H,4-6,9,13-14H2,1-3H3,(H,31,32)/t19-/m0/s1. The van der Waals surface area contributed by atoms with Crippen LogP contribution in [-0.4, -0.2) is 33.5 Å². The Labute approximate surface area is 205 Å². The third-order valence-electron chi connectivity index (χ3n) is 5.77. The Morgan fingerprint density at radius 2 is 1.94 bits per heavy atom. The zero-order chi connectivity index (χ0) is 24.4. The molecule has 2 heterocycles. The average molecular weight is 576 g/mol. The molecule has 0 amide bonds. The van der Waals surface area contributed by atoms with Crippen LogP contribution in [0.25, 0.3) is 0 Å². The van der Waals surface area contributed by atoms with Gasteiger partial charge in [-0.1, -0.05) is 27.2 Å². The minimum Gasteiger partial charge on any atom is -0.489 e. The second kappa shape index (κ2) is 10.2. The fraction of sp³-hybridized carbons (Fsp3) is 0.500. The van der Waals surface area contributed by atoms with Gasteiger partial charge in [-0.2, -0.15) is 13.2 Å². The number of carboxylic acids is 1. The smallest absolute Gasteiger partial charge is 0.416 e. The largest absolute Gasteiger partial charge is 0.489 e. The zero-order valence-corrected chi connectivity index (χ0v) is 21.0. The predicted octanol–water partition coefficient (Wildman–Crippen LogP) is 6.02. The summed E-state index contributed by atoms with van der Waals surface area (Å²) in [5.41, 5.74) is -0.139. The molecule has 33 heavy (non-hydrogen) atoms. The third-order valence-corrected chi connectivity index (χ3v) is 6.36. The molecule has 3 rings (SSSR count). The van der Waals surface area contributed by atoms with E-state index in [1.165, 1.54) is 6.07 Å². The molecule has 0 saturated carbocycles. The number of rotatable bonds is 6. The lowest BCUT2D eigenvalue weighted by Gasteiger charge is -2.34. The van der Waals surface area contributed by atoms with Gasteiger partial charge in [0.15, 0.2) is 0 Å². The van der Waals surface area contributed by atoms with Gasteiger partial charge in [0.2, 0.25) is 0 Å². The van der Waals surface area contributed by atoms with Gasteiger partial charge in [0, 0.05) is 18.3 Å². The lowest BCUT2D eigenvalue weighted by Crippen LogP contribution is -2.44. The maximum absolute atomic E-state index is 14.0. The summed E-state index contributed by atoms with van der Waals surface area (Å²) in [6, 6.07) is 5.54. The number of hydrogen-bond donors (Lipinski definition) is 1. The molecule has 1 N–H and O–H groups in total. The summed E-state index contributed by atoms with van der Waals surface area (Å²) in [6.45, 7) is 5.96. The van der Waals surface area contributed by atoms with Crippen molar-refractivity contribution in [2.75, 3.05) is 6.54 Å². The van der Waals surface area contributed by atoms with Crippen LogP contribution in [0, 0.1) is 3.70 Å². The number of halogens is 4. The zero-order valence-electron chi connectivity index (χ0n) is 18.9. The Hall–Kier alpha value is -1.88. The molecule has 0 unspecified atom stereocenters. The highest BCUT2D eigenvalue weighted by Crippen LogP contribution is 2.41. The van der Waals surface area contributed by atoms with E-state index in [0.29, 0.717) is 24.3 Å². The molecule has 0 spiro atoms. The molecule has 5 nitrogen and oxygen atoms in total. The van der Waals surface area contributed by atoms with Crippen molar-refractivity contribution in [1.29, 1.82) is 0 Å². The van der Waals surface area contributed by atoms with Gasteiger partial charge in [0.05, 0.1) is 5.56 Å². The molecular weight excluding hydrogens is 548 g/mol. The molecule has 1 aromatic heterocycles. The SMILES string of the molecule is CC(C)(C)c1cc(OCc2ccnc(I)c2)c(CN2CCCC[C@H]2C(=O)O)cc1C(F)(F)F. The molecule has 1 fully saturated rings. The number of piperidine rings is 1. The molecule has 0 bridgehead atoms. The summed E-state index contributed by atoms with van der Waals surface area (Å²) in [4.78, 5) is 17.6. The number of pyridine rings is 1. The molecule has 1 aliphatic rings. The summed E-state index contributed by atoms with van der Waals surface area (Å²) in [5, 5.41) is 9.61. The first-order valence-corrected chi connectivity index (χ1v) is 11.9. The van der Waals surface area contributed by atoms with Crippen LogP contribution in [0.4, 0.5) is 13.2 Å². The van der Waals surface area contributed by atoms with Crippen molar-refractivity contribution in [3.05, 3.63) is 56.4 Å². The van der Waals surface area contributed by atoms with Gasteiger partial charge >= 0.3 is 12.1 Å². The number of ether oxygens (including phenoxy) is 1. The van der Waals surface area contributed by atoms with Crippen LogP contribution in [0.1, 0.15) is 62.3 Å². The van der Waals surface area contributed by atoms with Gasteiger partial charge in [-0.05, 0) is 82.8 Å². The van der Waals surface area contributed by atoms with Gasteiger partial charge < -0.3 is 9.84 Å². The van der Waals surface area contributed by atoms with E-state index >= 15 is 0 Å². The Morgan fingerprint density at radius 3 is 2.55 bits per heavy atom. The van der Waals surface area contributed by atoms with Gasteiger partial charge in [-0.25, -0.2) is 0 Å². The molecule has 1 saturated heterocycles. The van der Waals surface area contributed by atoms with Crippen LogP contribution < -0.4 is 4.74 Å². The summed E-state index contributed by atoms with van der Waals surface area (Å²) >= 11 is 2.09. The van der Waals surface area contributed by atoms with Crippen molar-refractivity contribution >= 4 is 28.6 Å². The van der Waals surface area contributed by atoms with Crippen molar-refractivity contribution in [2.24, 2.45) is 0 Å². The Morgan fingerprint density at radius 1 is 1.21 bits per heavy atom. The number of aromatic nitrogens is 1. The summed E-state index contributed by atoms with van der Waals surface area (Å²) < 4.78 is 48.9. The van der Waals surface area contributed by atoms with Gasteiger partial charge in [-0.3, -0.25) is 14.7 Å². The monoisotopic (exact) mass is 576 g/mol. The van der Waals surface area contributed by atoms with Crippen LogP contribution in [-0.2, 0) is 29.5 Å². The molecule has 1 aromatic carbocycles. The summed E-state index contributed by atoms with van der Waals surface area (Å²) in [5.74, 6) is -0.611. The van der Waals surface area contributed by atoms with Crippen LogP contribution in [0.15, 0.2) is 30.5 Å². The minimum absolute atomic E-state index is 0.0771. The Bertz CT molecular complexity index is 1010. The van der Waals surface area contributed by atoms with Crippen molar-refractivity contribution < 1.29 is 27.8 Å². The fourth-order valence-corrected chi connectivity index (χ4v) is 4.67. The van der Waals surface area contributed by atoms with Gasteiger partial charge in [0.1, 0.15) is 22.1 Å². The lowest BCUT2D eigenvalue weighted by molar-refractivity contribution is -0.145. The lowest BCUT2D eigenvalue weighted by atomic mass is 9.82. The number of aliphatic carboxylic acids is 1. The van der Waals surface area contributed by atoms with E-state index in [1.54, 1.807) is 37.9 Å². The third kappa shape index (κ3) is 6.59. The minimum atomic E-state index is -4.54. The number of benzene rings is 1. The molecule has 1 atom stereocenters. The maximum atomic E-state index is 14.0. The number of likely N-dealkylation sites (tertiary alicyclic amines) is 1. The van der Waals surface area contributed by atoms with Crippen LogP contribution >= 0.6 is 22.6 Å². The topological polar surface area (TPSA) is 62.7 Å². The number of nitrogens with zero attached hydrogens (tertiary/aromatic N) is 2. The average Bonchev–Trinajstić information content (AvgIpc) is 2.71. The van der Waals surface area contributed by atoms with Crippen molar-refractivity contribution in [3.63, 3.8) is 0 Å². The first kappa shape index (κ1) is 25.7. The Balaban J connectivity index is 2.04. The van der Waals surface area contributed by atoms with Gasteiger partial charge in [-0.15, -0.1) is 0 Å². The van der Waals surface area contributed by atoms with E-state index in [0.717, 1.165) is 28.2 Å². The second-order valence-electron chi connectivity index (χ2n) is 9.35. The van der Waals surface area contributed by atoms with Crippen molar-refractivity contribution in [2.45, 2.75) is 70.8 Å². The van der Waals surface area contributed by atoms with E-state index in [1.807, 2.05) is 6.07 Å².